The molecule has 0 unspecified atom stereocenters. The third-order valence-corrected chi connectivity index (χ3v) is 11.2. The molecule has 11 aromatic rings. The van der Waals surface area contributed by atoms with E-state index >= 15 is 0 Å². The Kier molecular flexibility index (Phi) is 7.78. The molecule has 0 saturated carbocycles. The van der Waals surface area contributed by atoms with E-state index in [-0.39, 0.29) is 0 Å². The molecule has 0 amide bonds. The molecule has 0 aliphatic heterocycles. The highest BCUT2D eigenvalue weighted by Gasteiger charge is 2.18. The van der Waals surface area contributed by atoms with Crippen molar-refractivity contribution in [2.45, 2.75) is 0 Å². The smallest absolute Gasteiger partial charge is 0.137 e. The van der Waals surface area contributed by atoms with E-state index in [1.165, 1.54) is 54.8 Å². The number of para-hydroxylation sites is 4. The summed E-state index contributed by atoms with van der Waals surface area (Å²) in [6, 6.07) is 76.1. The van der Waals surface area contributed by atoms with Gasteiger partial charge in [0.05, 0.1) is 22.1 Å². The fourth-order valence-electron chi connectivity index (χ4n) is 8.53. The first-order chi connectivity index (χ1) is 28.3. The molecule has 0 aliphatic carbocycles. The minimum Gasteiger partial charge on any atom is -0.311 e. The Morgan fingerprint density at radius 3 is 1.33 bits per heavy atom. The second-order valence-corrected chi connectivity index (χ2v) is 14.5. The molecule has 0 saturated heterocycles. The highest BCUT2D eigenvalue weighted by molar-refractivity contribution is 6.13. The summed E-state index contributed by atoms with van der Waals surface area (Å²) in [4.78, 5) is 7.02. The van der Waals surface area contributed by atoms with Gasteiger partial charge in [0.15, 0.2) is 0 Å². The third-order valence-electron chi connectivity index (χ3n) is 11.2. The number of aromatic nitrogens is 3. The van der Waals surface area contributed by atoms with Crippen LogP contribution in [-0.2, 0) is 0 Å². The zero-order chi connectivity index (χ0) is 37.7. The minimum atomic E-state index is 0.918. The van der Waals surface area contributed by atoms with Crippen molar-refractivity contribution in [3.8, 4) is 33.8 Å². The zero-order valence-corrected chi connectivity index (χ0v) is 31.1. The number of hydrogen-bond donors (Lipinski definition) is 0. The minimum absolute atomic E-state index is 0.918. The van der Waals surface area contributed by atoms with Crippen molar-refractivity contribution >= 4 is 60.7 Å². The SMILES string of the molecule is c1ccc(N(c2ccccc2)c2ccc(-c3ccc4c(c3)c3cc(-c5ccc6c(c5)c5ccccc5n6-c5ccccn5)ccc3n4-c3ccccc3)cc2)cc1. The van der Waals surface area contributed by atoms with Crippen LogP contribution in [0.4, 0.5) is 17.1 Å². The molecule has 268 valence electrons. The van der Waals surface area contributed by atoms with Gasteiger partial charge in [-0.3, -0.25) is 4.57 Å². The normalized spacial score (nSPS) is 11.5. The molecular formula is C53H36N4. The number of hydrogen-bond acceptors (Lipinski definition) is 2. The zero-order valence-electron chi connectivity index (χ0n) is 31.1. The molecule has 0 fully saturated rings. The predicted molar refractivity (Wildman–Crippen MR) is 238 cm³/mol. The van der Waals surface area contributed by atoms with Crippen LogP contribution in [0.2, 0.25) is 0 Å². The van der Waals surface area contributed by atoms with E-state index in [0.717, 1.165) is 39.6 Å². The summed E-state index contributed by atoms with van der Waals surface area (Å²) in [6.07, 6.45) is 1.86. The highest BCUT2D eigenvalue weighted by atomic mass is 15.1. The van der Waals surface area contributed by atoms with Crippen LogP contribution in [0.25, 0.3) is 77.4 Å². The van der Waals surface area contributed by atoms with Crippen molar-refractivity contribution in [3.05, 3.63) is 219 Å². The summed E-state index contributed by atoms with van der Waals surface area (Å²) in [5, 5.41) is 4.87. The van der Waals surface area contributed by atoms with Gasteiger partial charge in [-0.15, -0.1) is 0 Å². The van der Waals surface area contributed by atoms with E-state index in [9.17, 15) is 0 Å². The maximum atomic E-state index is 4.72. The van der Waals surface area contributed by atoms with Gasteiger partial charge in [0.2, 0.25) is 0 Å². The molecule has 0 atom stereocenters. The second kappa shape index (κ2) is 13.6. The van der Waals surface area contributed by atoms with Crippen molar-refractivity contribution in [1.29, 1.82) is 0 Å². The lowest BCUT2D eigenvalue weighted by atomic mass is 9.99. The largest absolute Gasteiger partial charge is 0.311 e. The maximum absolute atomic E-state index is 4.72. The average Bonchev–Trinajstić information content (AvgIpc) is 3.80. The van der Waals surface area contributed by atoms with Crippen LogP contribution in [0.1, 0.15) is 0 Å². The predicted octanol–water partition coefficient (Wildman–Crippen LogP) is 14.1. The average molecular weight is 729 g/mol. The molecule has 0 bridgehead atoms. The first-order valence-corrected chi connectivity index (χ1v) is 19.4. The lowest BCUT2D eigenvalue weighted by molar-refractivity contribution is 1.08. The number of fused-ring (bicyclic) bond motifs is 6. The van der Waals surface area contributed by atoms with E-state index < -0.39 is 0 Å². The lowest BCUT2D eigenvalue weighted by Gasteiger charge is -2.25. The summed E-state index contributed by atoms with van der Waals surface area (Å²) >= 11 is 0. The van der Waals surface area contributed by atoms with E-state index in [0.29, 0.717) is 0 Å². The summed E-state index contributed by atoms with van der Waals surface area (Å²) in [5.74, 6) is 0.918. The van der Waals surface area contributed by atoms with Crippen LogP contribution in [0.5, 0.6) is 0 Å². The maximum Gasteiger partial charge on any atom is 0.137 e. The van der Waals surface area contributed by atoms with E-state index in [1.807, 2.05) is 18.3 Å². The molecule has 11 rings (SSSR count). The van der Waals surface area contributed by atoms with Gasteiger partial charge in [0.1, 0.15) is 5.82 Å². The fourth-order valence-corrected chi connectivity index (χ4v) is 8.53. The van der Waals surface area contributed by atoms with Gasteiger partial charge in [-0.25, -0.2) is 4.98 Å². The summed E-state index contributed by atoms with van der Waals surface area (Å²) < 4.78 is 4.66. The molecule has 0 spiro atoms. The van der Waals surface area contributed by atoms with Gasteiger partial charge in [0, 0.05) is 50.5 Å². The van der Waals surface area contributed by atoms with Crippen molar-refractivity contribution in [2.24, 2.45) is 0 Å². The molecule has 0 radical (unpaired) electrons. The molecule has 0 aliphatic rings. The quantitative estimate of drug-likeness (QED) is 0.163. The van der Waals surface area contributed by atoms with Crippen LogP contribution < -0.4 is 4.90 Å². The van der Waals surface area contributed by atoms with E-state index in [4.69, 9.17) is 4.98 Å². The van der Waals surface area contributed by atoms with Crippen LogP contribution in [0, 0.1) is 0 Å². The Morgan fingerprint density at radius 2 is 0.754 bits per heavy atom. The van der Waals surface area contributed by atoms with Gasteiger partial charge in [0.25, 0.3) is 0 Å². The number of nitrogens with zero attached hydrogens (tertiary/aromatic N) is 4. The number of rotatable bonds is 7. The Labute approximate surface area is 330 Å². The molecule has 3 aromatic heterocycles. The second-order valence-electron chi connectivity index (χ2n) is 14.5. The molecule has 4 heteroatoms. The standard InChI is InChI=1S/C53H36N4/c1-4-14-41(15-5-1)55(42-16-6-2-7-17-42)44-28-23-37(24-29-44)38-25-30-50-47(34-38)48-36-40(26-31-51(48)56(50)43-18-8-3-9-19-43)39-27-32-52-46(35-39)45-20-10-11-21-49(45)57(52)53-22-12-13-33-54-53/h1-36H. The van der Waals surface area contributed by atoms with Gasteiger partial charge in [-0.05, 0) is 125 Å². The monoisotopic (exact) mass is 728 g/mol. The Balaban J connectivity index is 1.05. The molecule has 0 N–H and O–H groups in total. The van der Waals surface area contributed by atoms with Gasteiger partial charge in [-0.2, -0.15) is 0 Å². The van der Waals surface area contributed by atoms with Crippen LogP contribution in [0.3, 0.4) is 0 Å². The van der Waals surface area contributed by atoms with Crippen molar-refractivity contribution < 1.29 is 0 Å². The molecule has 3 heterocycles. The highest BCUT2D eigenvalue weighted by Crippen LogP contribution is 2.40. The van der Waals surface area contributed by atoms with Crippen molar-refractivity contribution in [1.82, 2.24) is 14.1 Å². The van der Waals surface area contributed by atoms with Crippen LogP contribution in [-0.4, -0.2) is 14.1 Å². The lowest BCUT2D eigenvalue weighted by Crippen LogP contribution is -2.09. The first-order valence-electron chi connectivity index (χ1n) is 19.4. The van der Waals surface area contributed by atoms with Gasteiger partial charge < -0.3 is 9.47 Å². The number of anilines is 3. The van der Waals surface area contributed by atoms with Crippen molar-refractivity contribution in [3.63, 3.8) is 0 Å². The van der Waals surface area contributed by atoms with E-state index in [1.54, 1.807) is 0 Å². The Bertz CT molecular complexity index is 3160. The molecular weight excluding hydrogens is 693 g/mol. The summed E-state index contributed by atoms with van der Waals surface area (Å²) in [5.41, 5.74) is 13.9. The Morgan fingerprint density at radius 1 is 0.316 bits per heavy atom. The Hall–Kier alpha value is -7.69. The topological polar surface area (TPSA) is 26.0 Å². The van der Waals surface area contributed by atoms with Crippen LogP contribution >= 0.6 is 0 Å². The third kappa shape index (κ3) is 5.58. The first kappa shape index (κ1) is 32.7. The summed E-state index contributed by atoms with van der Waals surface area (Å²) in [7, 11) is 0. The molecule has 8 aromatic carbocycles. The molecule has 4 nitrogen and oxygen atoms in total. The van der Waals surface area contributed by atoms with Crippen molar-refractivity contribution in [2.75, 3.05) is 4.90 Å². The van der Waals surface area contributed by atoms with Gasteiger partial charge in [-0.1, -0.05) is 109 Å². The number of pyridine rings is 1. The molecule has 57 heavy (non-hydrogen) atoms. The number of benzene rings is 8. The fraction of sp³-hybridized carbons (Fsp3) is 0. The van der Waals surface area contributed by atoms with E-state index in [2.05, 4.69) is 214 Å². The summed E-state index contributed by atoms with van der Waals surface area (Å²) in [6.45, 7) is 0. The van der Waals surface area contributed by atoms with Crippen LogP contribution in [0.15, 0.2) is 219 Å². The van der Waals surface area contributed by atoms with Gasteiger partial charge >= 0.3 is 0 Å².